The summed E-state index contributed by atoms with van der Waals surface area (Å²) in [5.41, 5.74) is 0.670. The molecule has 0 N–H and O–H groups in total. The Hall–Kier alpha value is -1.49. The molecule has 15 heavy (non-hydrogen) atoms. The zero-order valence-corrected chi connectivity index (χ0v) is 9.11. The minimum absolute atomic E-state index is 0.255. The van der Waals surface area contributed by atoms with Crippen LogP contribution in [-0.2, 0) is 0 Å². The van der Waals surface area contributed by atoms with Gasteiger partial charge in [0.15, 0.2) is 0 Å². The van der Waals surface area contributed by atoms with Gasteiger partial charge >= 0.3 is 0 Å². The van der Waals surface area contributed by atoms with Gasteiger partial charge in [0.1, 0.15) is 17.8 Å². The first-order chi connectivity index (χ1) is 7.20. The number of nitrogens with zero attached hydrogens (tertiary/aromatic N) is 2. The summed E-state index contributed by atoms with van der Waals surface area (Å²) >= 11 is 3.21. The number of aldehydes is 1. The number of hydrogen-bond donors (Lipinski definition) is 0. The molecular formula is C10H6BrFN2O. The lowest BCUT2D eigenvalue weighted by Crippen LogP contribution is -1.99. The summed E-state index contributed by atoms with van der Waals surface area (Å²) in [5, 5.41) is 3.94. The lowest BCUT2D eigenvalue weighted by Gasteiger charge is -2.03. The zero-order valence-electron chi connectivity index (χ0n) is 7.52. The Morgan fingerprint density at radius 2 is 2.27 bits per heavy atom. The molecule has 0 aliphatic rings. The molecule has 0 fully saturated rings. The summed E-state index contributed by atoms with van der Waals surface area (Å²) < 4.78 is 15.5. The average molecular weight is 269 g/mol. The molecule has 2 aromatic rings. The standard InChI is InChI=1S/C10H6BrFN2O/c11-8-4-13-14(5-8)10-3-7(6-15)1-2-9(10)12/h1-6H. The minimum atomic E-state index is -0.420. The smallest absolute Gasteiger partial charge is 0.150 e. The van der Waals surface area contributed by atoms with Crippen LogP contribution in [0.1, 0.15) is 10.4 Å². The third kappa shape index (κ3) is 1.97. The van der Waals surface area contributed by atoms with Crippen molar-refractivity contribution < 1.29 is 9.18 Å². The number of hydrogen-bond acceptors (Lipinski definition) is 2. The molecule has 76 valence electrons. The van der Waals surface area contributed by atoms with Crippen molar-refractivity contribution in [2.24, 2.45) is 0 Å². The van der Waals surface area contributed by atoms with Gasteiger partial charge in [0.25, 0.3) is 0 Å². The molecule has 0 saturated carbocycles. The number of carbonyl (C=O) groups is 1. The molecule has 3 nitrogen and oxygen atoms in total. The van der Waals surface area contributed by atoms with E-state index in [1.54, 1.807) is 12.4 Å². The van der Waals surface area contributed by atoms with Crippen LogP contribution in [0, 0.1) is 5.82 Å². The van der Waals surface area contributed by atoms with Crippen LogP contribution in [0.25, 0.3) is 5.69 Å². The molecule has 0 amide bonds. The second-order valence-corrected chi connectivity index (χ2v) is 3.85. The SMILES string of the molecule is O=Cc1ccc(F)c(-n2cc(Br)cn2)c1. The first-order valence-corrected chi connectivity index (χ1v) is 4.95. The number of aromatic nitrogens is 2. The second-order valence-electron chi connectivity index (χ2n) is 2.93. The third-order valence-corrected chi connectivity index (χ3v) is 2.31. The van der Waals surface area contributed by atoms with E-state index < -0.39 is 5.82 Å². The fourth-order valence-corrected chi connectivity index (χ4v) is 1.50. The van der Waals surface area contributed by atoms with Crippen LogP contribution in [-0.4, -0.2) is 16.1 Å². The van der Waals surface area contributed by atoms with Gasteiger partial charge in [0, 0.05) is 11.8 Å². The third-order valence-electron chi connectivity index (χ3n) is 1.90. The fourth-order valence-electron chi connectivity index (χ4n) is 1.21. The van der Waals surface area contributed by atoms with Crippen LogP contribution in [0.3, 0.4) is 0 Å². The van der Waals surface area contributed by atoms with Crippen molar-refractivity contribution in [3.63, 3.8) is 0 Å². The lowest BCUT2D eigenvalue weighted by atomic mass is 10.2. The summed E-state index contributed by atoms with van der Waals surface area (Å²) in [6.45, 7) is 0. The zero-order chi connectivity index (χ0) is 10.8. The normalized spacial score (nSPS) is 10.3. The Labute approximate surface area is 93.7 Å². The molecule has 0 aliphatic heterocycles. The van der Waals surface area contributed by atoms with Crippen LogP contribution in [0.2, 0.25) is 0 Å². The molecule has 0 radical (unpaired) electrons. The van der Waals surface area contributed by atoms with E-state index in [2.05, 4.69) is 21.0 Å². The molecule has 0 spiro atoms. The molecule has 2 rings (SSSR count). The van der Waals surface area contributed by atoms with Crippen molar-refractivity contribution in [1.29, 1.82) is 0 Å². The minimum Gasteiger partial charge on any atom is -0.298 e. The predicted octanol–water partition coefficient (Wildman–Crippen LogP) is 2.59. The monoisotopic (exact) mass is 268 g/mol. The molecule has 0 atom stereocenters. The van der Waals surface area contributed by atoms with Gasteiger partial charge in [-0.3, -0.25) is 4.79 Å². The Bertz CT molecular complexity index is 510. The lowest BCUT2D eigenvalue weighted by molar-refractivity contribution is 0.112. The van der Waals surface area contributed by atoms with E-state index in [-0.39, 0.29) is 5.69 Å². The van der Waals surface area contributed by atoms with E-state index in [4.69, 9.17) is 0 Å². The molecule has 1 aromatic heterocycles. The molecule has 0 saturated heterocycles. The molecule has 0 bridgehead atoms. The molecule has 0 unspecified atom stereocenters. The highest BCUT2D eigenvalue weighted by molar-refractivity contribution is 9.10. The highest BCUT2D eigenvalue weighted by Crippen LogP contribution is 2.16. The summed E-state index contributed by atoms with van der Waals surface area (Å²) in [6, 6.07) is 4.11. The highest BCUT2D eigenvalue weighted by atomic mass is 79.9. The van der Waals surface area contributed by atoms with Gasteiger partial charge in [-0.2, -0.15) is 5.10 Å². The topological polar surface area (TPSA) is 34.9 Å². The van der Waals surface area contributed by atoms with Gasteiger partial charge in [0.05, 0.1) is 10.7 Å². The quantitative estimate of drug-likeness (QED) is 0.785. The Morgan fingerprint density at radius 3 is 2.87 bits per heavy atom. The van der Waals surface area contributed by atoms with Crippen molar-refractivity contribution in [3.8, 4) is 5.69 Å². The van der Waals surface area contributed by atoms with Gasteiger partial charge < -0.3 is 0 Å². The van der Waals surface area contributed by atoms with Crippen LogP contribution in [0.15, 0.2) is 35.1 Å². The number of carbonyl (C=O) groups excluding carboxylic acids is 1. The van der Waals surface area contributed by atoms with Gasteiger partial charge in [-0.1, -0.05) is 0 Å². The van der Waals surface area contributed by atoms with E-state index in [1.165, 1.54) is 22.9 Å². The summed E-state index contributed by atoms with van der Waals surface area (Å²) in [7, 11) is 0. The van der Waals surface area contributed by atoms with Crippen LogP contribution in [0.4, 0.5) is 4.39 Å². The van der Waals surface area contributed by atoms with Crippen LogP contribution < -0.4 is 0 Å². The summed E-state index contributed by atoms with van der Waals surface area (Å²) in [6.07, 6.45) is 3.83. The molecule has 1 heterocycles. The van der Waals surface area contributed by atoms with Crippen molar-refractivity contribution in [2.45, 2.75) is 0 Å². The molecular weight excluding hydrogens is 263 g/mol. The maximum Gasteiger partial charge on any atom is 0.150 e. The Morgan fingerprint density at radius 1 is 1.47 bits per heavy atom. The number of benzene rings is 1. The van der Waals surface area contributed by atoms with Crippen molar-refractivity contribution in [2.75, 3.05) is 0 Å². The first kappa shape index (κ1) is 10.0. The van der Waals surface area contributed by atoms with E-state index in [9.17, 15) is 9.18 Å². The maximum absolute atomic E-state index is 13.4. The average Bonchev–Trinajstić information content (AvgIpc) is 2.65. The van der Waals surface area contributed by atoms with Crippen molar-refractivity contribution >= 4 is 22.2 Å². The fraction of sp³-hybridized carbons (Fsp3) is 0. The summed E-state index contributed by atoms with van der Waals surface area (Å²) in [4.78, 5) is 10.5. The van der Waals surface area contributed by atoms with E-state index in [1.807, 2.05) is 0 Å². The predicted molar refractivity (Wildman–Crippen MR) is 56.6 cm³/mol. The van der Waals surface area contributed by atoms with Gasteiger partial charge in [-0.25, -0.2) is 9.07 Å². The van der Waals surface area contributed by atoms with Crippen molar-refractivity contribution in [1.82, 2.24) is 9.78 Å². The molecule has 0 aliphatic carbocycles. The van der Waals surface area contributed by atoms with Gasteiger partial charge in [0.2, 0.25) is 0 Å². The number of rotatable bonds is 2. The van der Waals surface area contributed by atoms with Gasteiger partial charge in [-0.15, -0.1) is 0 Å². The molecule has 1 aromatic carbocycles. The highest BCUT2D eigenvalue weighted by Gasteiger charge is 2.06. The van der Waals surface area contributed by atoms with E-state index >= 15 is 0 Å². The van der Waals surface area contributed by atoms with Crippen LogP contribution >= 0.6 is 15.9 Å². The van der Waals surface area contributed by atoms with E-state index in [0.29, 0.717) is 11.8 Å². The number of halogens is 2. The first-order valence-electron chi connectivity index (χ1n) is 4.16. The maximum atomic E-state index is 13.4. The molecule has 5 heteroatoms. The van der Waals surface area contributed by atoms with Crippen molar-refractivity contribution in [3.05, 3.63) is 46.4 Å². The Balaban J connectivity index is 2.55. The van der Waals surface area contributed by atoms with E-state index in [0.717, 1.165) is 4.47 Å². The van der Waals surface area contributed by atoms with Crippen LogP contribution in [0.5, 0.6) is 0 Å². The second kappa shape index (κ2) is 3.94. The summed E-state index contributed by atoms with van der Waals surface area (Å²) in [5.74, 6) is -0.420. The largest absolute Gasteiger partial charge is 0.298 e. The van der Waals surface area contributed by atoms with Gasteiger partial charge in [-0.05, 0) is 34.1 Å². The Kier molecular flexibility index (Phi) is 2.64.